The number of hydrogen-bond acceptors (Lipinski definition) is 2. The highest BCUT2D eigenvalue weighted by Crippen LogP contribution is 2.28. The summed E-state index contributed by atoms with van der Waals surface area (Å²) in [5, 5.41) is 3.51. The standard InChI is InChI=1S/C13H27NO/c1-11(2)4-5-12(3)14-8-9-15-10-13-6-7-13/h11-14H,4-10H2,1-3H3. The van der Waals surface area contributed by atoms with Gasteiger partial charge in [-0.3, -0.25) is 0 Å². The van der Waals surface area contributed by atoms with Gasteiger partial charge in [0.15, 0.2) is 0 Å². The van der Waals surface area contributed by atoms with Gasteiger partial charge in [0.2, 0.25) is 0 Å². The zero-order valence-corrected chi connectivity index (χ0v) is 10.6. The molecule has 2 nitrogen and oxygen atoms in total. The van der Waals surface area contributed by atoms with E-state index in [1.807, 2.05) is 0 Å². The van der Waals surface area contributed by atoms with E-state index in [1.54, 1.807) is 0 Å². The van der Waals surface area contributed by atoms with E-state index in [4.69, 9.17) is 4.74 Å². The second kappa shape index (κ2) is 7.24. The van der Waals surface area contributed by atoms with Crippen molar-refractivity contribution in [1.29, 1.82) is 0 Å². The Morgan fingerprint density at radius 1 is 1.20 bits per heavy atom. The molecule has 1 aliphatic rings. The lowest BCUT2D eigenvalue weighted by Gasteiger charge is -2.14. The molecule has 0 spiro atoms. The molecule has 0 heterocycles. The van der Waals surface area contributed by atoms with E-state index in [0.717, 1.165) is 31.6 Å². The van der Waals surface area contributed by atoms with Crippen molar-refractivity contribution < 1.29 is 4.74 Å². The lowest BCUT2D eigenvalue weighted by molar-refractivity contribution is 0.124. The van der Waals surface area contributed by atoms with Crippen LogP contribution in [0.4, 0.5) is 0 Å². The van der Waals surface area contributed by atoms with E-state index in [9.17, 15) is 0 Å². The molecule has 0 saturated heterocycles. The van der Waals surface area contributed by atoms with Gasteiger partial charge in [0.05, 0.1) is 6.61 Å². The van der Waals surface area contributed by atoms with Crippen molar-refractivity contribution in [3.8, 4) is 0 Å². The molecule has 0 aromatic rings. The predicted molar refractivity (Wildman–Crippen MR) is 65.1 cm³/mol. The van der Waals surface area contributed by atoms with E-state index in [1.165, 1.54) is 25.7 Å². The fraction of sp³-hybridized carbons (Fsp3) is 1.00. The van der Waals surface area contributed by atoms with Crippen molar-refractivity contribution in [2.75, 3.05) is 19.8 Å². The van der Waals surface area contributed by atoms with Gasteiger partial charge in [-0.05, 0) is 44.4 Å². The van der Waals surface area contributed by atoms with Gasteiger partial charge < -0.3 is 10.1 Å². The van der Waals surface area contributed by atoms with Crippen molar-refractivity contribution in [2.45, 2.75) is 52.5 Å². The Bertz CT molecular complexity index is 155. The van der Waals surface area contributed by atoms with Crippen LogP contribution in [0.25, 0.3) is 0 Å². The van der Waals surface area contributed by atoms with E-state index in [-0.39, 0.29) is 0 Å². The van der Waals surface area contributed by atoms with Crippen molar-refractivity contribution >= 4 is 0 Å². The first kappa shape index (κ1) is 13.0. The molecule has 15 heavy (non-hydrogen) atoms. The normalized spacial score (nSPS) is 18.4. The van der Waals surface area contributed by atoms with Gasteiger partial charge >= 0.3 is 0 Å². The van der Waals surface area contributed by atoms with Crippen LogP contribution in [0.2, 0.25) is 0 Å². The molecular formula is C13H27NO. The highest BCUT2D eigenvalue weighted by Gasteiger charge is 2.20. The van der Waals surface area contributed by atoms with E-state index in [2.05, 4.69) is 26.1 Å². The third kappa shape index (κ3) is 7.80. The third-order valence-corrected chi connectivity index (χ3v) is 2.97. The van der Waals surface area contributed by atoms with Crippen LogP contribution in [0.5, 0.6) is 0 Å². The highest BCUT2D eigenvalue weighted by atomic mass is 16.5. The van der Waals surface area contributed by atoms with Crippen LogP contribution in [0.3, 0.4) is 0 Å². The first-order valence-corrected chi connectivity index (χ1v) is 6.49. The largest absolute Gasteiger partial charge is 0.380 e. The minimum Gasteiger partial charge on any atom is -0.380 e. The maximum absolute atomic E-state index is 5.57. The summed E-state index contributed by atoms with van der Waals surface area (Å²) in [6.45, 7) is 9.71. The summed E-state index contributed by atoms with van der Waals surface area (Å²) in [7, 11) is 0. The number of ether oxygens (including phenoxy) is 1. The number of hydrogen-bond donors (Lipinski definition) is 1. The van der Waals surface area contributed by atoms with Gasteiger partial charge in [0.25, 0.3) is 0 Å². The molecule has 2 heteroatoms. The van der Waals surface area contributed by atoms with Gasteiger partial charge in [0.1, 0.15) is 0 Å². The molecule has 1 atom stereocenters. The quantitative estimate of drug-likeness (QED) is 0.595. The van der Waals surface area contributed by atoms with Crippen LogP contribution in [-0.2, 0) is 4.74 Å². The Labute approximate surface area is 94.8 Å². The summed E-state index contributed by atoms with van der Waals surface area (Å²) in [5.41, 5.74) is 0. The average molecular weight is 213 g/mol. The maximum Gasteiger partial charge on any atom is 0.0591 e. The smallest absolute Gasteiger partial charge is 0.0591 e. The Morgan fingerprint density at radius 3 is 2.53 bits per heavy atom. The molecule has 1 rings (SSSR count). The van der Waals surface area contributed by atoms with Crippen molar-refractivity contribution in [3.63, 3.8) is 0 Å². The summed E-state index contributed by atoms with van der Waals surface area (Å²) in [6.07, 6.45) is 5.37. The summed E-state index contributed by atoms with van der Waals surface area (Å²) >= 11 is 0. The average Bonchev–Trinajstić information content (AvgIpc) is 2.98. The molecule has 0 aliphatic heterocycles. The lowest BCUT2D eigenvalue weighted by atomic mass is 10.0. The summed E-state index contributed by atoms with van der Waals surface area (Å²) in [5.74, 6) is 1.71. The topological polar surface area (TPSA) is 21.3 Å². The summed E-state index contributed by atoms with van der Waals surface area (Å²) in [6, 6.07) is 0.636. The molecule has 90 valence electrons. The van der Waals surface area contributed by atoms with E-state index < -0.39 is 0 Å². The SMILES string of the molecule is CC(C)CCC(C)NCCOCC1CC1. The van der Waals surface area contributed by atoms with Gasteiger partial charge in [0, 0.05) is 19.2 Å². The molecule has 0 amide bonds. The molecule has 0 bridgehead atoms. The molecule has 1 aliphatic carbocycles. The fourth-order valence-electron chi connectivity index (χ4n) is 1.60. The first-order chi connectivity index (χ1) is 7.18. The Kier molecular flexibility index (Phi) is 6.26. The molecular weight excluding hydrogens is 186 g/mol. The van der Waals surface area contributed by atoms with E-state index >= 15 is 0 Å². The second-order valence-electron chi connectivity index (χ2n) is 5.34. The van der Waals surface area contributed by atoms with Crippen LogP contribution in [0.15, 0.2) is 0 Å². The molecule has 1 unspecified atom stereocenters. The number of rotatable bonds is 9. The Morgan fingerprint density at radius 2 is 1.93 bits per heavy atom. The zero-order valence-electron chi connectivity index (χ0n) is 10.6. The van der Waals surface area contributed by atoms with Crippen molar-refractivity contribution in [1.82, 2.24) is 5.32 Å². The van der Waals surface area contributed by atoms with Crippen molar-refractivity contribution in [3.05, 3.63) is 0 Å². The van der Waals surface area contributed by atoms with Crippen molar-refractivity contribution in [2.24, 2.45) is 11.8 Å². The molecule has 1 fully saturated rings. The fourth-order valence-corrected chi connectivity index (χ4v) is 1.60. The first-order valence-electron chi connectivity index (χ1n) is 6.49. The van der Waals surface area contributed by atoms with Gasteiger partial charge in [-0.25, -0.2) is 0 Å². The zero-order chi connectivity index (χ0) is 11.1. The van der Waals surface area contributed by atoms with Crippen LogP contribution < -0.4 is 5.32 Å². The van der Waals surface area contributed by atoms with Crippen LogP contribution in [0, 0.1) is 11.8 Å². The molecule has 0 aromatic carbocycles. The maximum atomic E-state index is 5.57. The van der Waals surface area contributed by atoms with Crippen LogP contribution in [0.1, 0.15) is 46.5 Å². The summed E-state index contributed by atoms with van der Waals surface area (Å²) in [4.78, 5) is 0. The van der Waals surface area contributed by atoms with Crippen LogP contribution >= 0.6 is 0 Å². The highest BCUT2D eigenvalue weighted by molar-refractivity contribution is 4.72. The number of nitrogens with one attached hydrogen (secondary N) is 1. The molecule has 1 saturated carbocycles. The minimum absolute atomic E-state index is 0.636. The Balaban J connectivity index is 1.80. The van der Waals surface area contributed by atoms with E-state index in [0.29, 0.717) is 6.04 Å². The minimum atomic E-state index is 0.636. The molecule has 0 radical (unpaired) electrons. The molecule has 1 N–H and O–H groups in total. The second-order valence-corrected chi connectivity index (χ2v) is 5.34. The molecule has 0 aromatic heterocycles. The predicted octanol–water partition coefficient (Wildman–Crippen LogP) is 2.83. The van der Waals surface area contributed by atoms with Gasteiger partial charge in [-0.2, -0.15) is 0 Å². The summed E-state index contributed by atoms with van der Waals surface area (Å²) < 4.78 is 5.57. The third-order valence-electron chi connectivity index (χ3n) is 2.97. The Hall–Kier alpha value is -0.0800. The monoisotopic (exact) mass is 213 g/mol. The van der Waals surface area contributed by atoms with Gasteiger partial charge in [-0.15, -0.1) is 0 Å². The lowest BCUT2D eigenvalue weighted by Crippen LogP contribution is -2.29. The van der Waals surface area contributed by atoms with Crippen LogP contribution in [-0.4, -0.2) is 25.8 Å². The van der Waals surface area contributed by atoms with Gasteiger partial charge in [-0.1, -0.05) is 13.8 Å².